The van der Waals surface area contributed by atoms with E-state index < -0.39 is 11.9 Å². The van der Waals surface area contributed by atoms with Crippen LogP contribution in [0.1, 0.15) is 45.2 Å². The molecule has 0 saturated carbocycles. The number of carbonyl (C=O) groups excluding carboxylic acids is 3. The summed E-state index contributed by atoms with van der Waals surface area (Å²) in [6, 6.07) is 12.4. The van der Waals surface area contributed by atoms with Crippen molar-refractivity contribution in [3.05, 3.63) is 64.7 Å². The Hall–Kier alpha value is -3.15. The van der Waals surface area contributed by atoms with Crippen molar-refractivity contribution in [1.82, 2.24) is 5.32 Å². The fraction of sp³-hybridized carbons (Fsp3) is 0.318. The molecule has 1 amide bonds. The summed E-state index contributed by atoms with van der Waals surface area (Å²) in [5.74, 6) is -0.915. The zero-order valence-corrected chi connectivity index (χ0v) is 15.8. The number of ether oxygens (including phenoxy) is 2. The number of hydrogen-bond donors (Lipinski definition) is 1. The molecule has 2 aromatic rings. The number of nitrogens with one attached hydrogen (secondary N) is 1. The average Bonchev–Trinajstić information content (AvgIpc) is 3.18. The van der Waals surface area contributed by atoms with Gasteiger partial charge in [0.2, 0.25) is 0 Å². The summed E-state index contributed by atoms with van der Waals surface area (Å²) in [4.78, 5) is 36.4. The number of rotatable bonds is 8. The third kappa shape index (κ3) is 4.76. The summed E-state index contributed by atoms with van der Waals surface area (Å²) >= 11 is 0. The van der Waals surface area contributed by atoms with E-state index in [4.69, 9.17) is 9.47 Å². The maximum absolute atomic E-state index is 12.2. The second-order valence-corrected chi connectivity index (χ2v) is 6.53. The quantitative estimate of drug-likeness (QED) is 0.562. The van der Waals surface area contributed by atoms with Crippen LogP contribution in [0.3, 0.4) is 0 Å². The van der Waals surface area contributed by atoms with Gasteiger partial charge in [0.25, 0.3) is 5.91 Å². The van der Waals surface area contributed by atoms with Crippen LogP contribution in [-0.2, 0) is 22.4 Å². The van der Waals surface area contributed by atoms with Gasteiger partial charge in [-0.2, -0.15) is 0 Å². The van der Waals surface area contributed by atoms with Crippen LogP contribution >= 0.6 is 0 Å². The summed E-state index contributed by atoms with van der Waals surface area (Å²) in [6.07, 6.45) is 3.13. The Kier molecular flexibility index (Phi) is 6.42. The molecule has 6 heteroatoms. The van der Waals surface area contributed by atoms with E-state index in [1.54, 1.807) is 30.3 Å². The predicted octanol–water partition coefficient (Wildman–Crippen LogP) is 2.73. The smallest absolute Gasteiger partial charge is 0.325 e. The van der Waals surface area contributed by atoms with Crippen molar-refractivity contribution in [2.45, 2.75) is 26.2 Å². The molecule has 0 spiro atoms. The zero-order valence-electron chi connectivity index (χ0n) is 15.8. The van der Waals surface area contributed by atoms with Crippen LogP contribution in [0.25, 0.3) is 0 Å². The second kappa shape index (κ2) is 9.17. The lowest BCUT2D eigenvalue weighted by Gasteiger charge is -2.10. The maximum Gasteiger partial charge on any atom is 0.325 e. The summed E-state index contributed by atoms with van der Waals surface area (Å²) in [5.41, 5.74) is 3.36. The molecule has 0 bridgehead atoms. The summed E-state index contributed by atoms with van der Waals surface area (Å²) in [6.45, 7) is 1.58. The fourth-order valence-electron chi connectivity index (χ4n) is 3.21. The first-order valence-corrected chi connectivity index (χ1v) is 9.39. The van der Waals surface area contributed by atoms with E-state index in [0.29, 0.717) is 23.5 Å². The number of ketones is 1. The molecule has 1 N–H and O–H groups in total. The monoisotopic (exact) mass is 381 g/mol. The number of carbonyl (C=O) groups is 3. The molecule has 0 fully saturated rings. The van der Waals surface area contributed by atoms with Gasteiger partial charge >= 0.3 is 5.97 Å². The first-order chi connectivity index (χ1) is 13.6. The number of benzene rings is 2. The van der Waals surface area contributed by atoms with E-state index in [1.807, 2.05) is 19.1 Å². The standard InChI is InChI=1S/C22H23NO5/c1-2-27-20-9-4-3-8-18(20)22(26)23-13-21(25)28-14-19(24)17-11-10-15-6-5-7-16(15)12-17/h3-4,8-12H,2,5-7,13-14H2,1H3,(H,23,26). The van der Waals surface area contributed by atoms with Crippen molar-refractivity contribution >= 4 is 17.7 Å². The van der Waals surface area contributed by atoms with Gasteiger partial charge in [0.1, 0.15) is 12.3 Å². The van der Waals surface area contributed by atoms with Crippen LogP contribution in [0, 0.1) is 0 Å². The minimum absolute atomic E-state index is 0.254. The van der Waals surface area contributed by atoms with E-state index in [1.165, 1.54) is 11.1 Å². The molecule has 0 aliphatic heterocycles. The lowest BCUT2D eigenvalue weighted by atomic mass is 10.0. The largest absolute Gasteiger partial charge is 0.493 e. The van der Waals surface area contributed by atoms with Crippen LogP contribution in [0.5, 0.6) is 5.75 Å². The Bertz CT molecular complexity index is 890. The first-order valence-electron chi connectivity index (χ1n) is 9.39. The predicted molar refractivity (Wildman–Crippen MR) is 104 cm³/mol. The average molecular weight is 381 g/mol. The number of esters is 1. The van der Waals surface area contributed by atoms with Crippen molar-refractivity contribution in [3.8, 4) is 5.75 Å². The minimum atomic E-state index is -0.670. The third-order valence-electron chi connectivity index (χ3n) is 4.61. The summed E-state index contributed by atoms with van der Waals surface area (Å²) in [5, 5.41) is 2.49. The first kappa shape index (κ1) is 19.6. The molecule has 0 atom stereocenters. The highest BCUT2D eigenvalue weighted by atomic mass is 16.5. The van der Waals surface area contributed by atoms with Gasteiger partial charge in [-0.05, 0) is 55.5 Å². The minimum Gasteiger partial charge on any atom is -0.493 e. The van der Waals surface area contributed by atoms with Crippen LogP contribution < -0.4 is 10.1 Å². The highest BCUT2D eigenvalue weighted by Gasteiger charge is 2.17. The molecule has 28 heavy (non-hydrogen) atoms. The van der Waals surface area contributed by atoms with E-state index >= 15 is 0 Å². The molecular weight excluding hydrogens is 358 g/mol. The highest BCUT2D eigenvalue weighted by molar-refractivity contribution is 5.99. The van der Waals surface area contributed by atoms with Crippen molar-refractivity contribution in [2.24, 2.45) is 0 Å². The van der Waals surface area contributed by atoms with Crippen molar-refractivity contribution in [2.75, 3.05) is 19.8 Å². The number of fused-ring (bicyclic) bond motifs is 1. The number of amides is 1. The highest BCUT2D eigenvalue weighted by Crippen LogP contribution is 2.23. The Morgan fingerprint density at radius 3 is 2.64 bits per heavy atom. The van der Waals surface area contributed by atoms with E-state index in [9.17, 15) is 14.4 Å². The Morgan fingerprint density at radius 1 is 1.04 bits per heavy atom. The topological polar surface area (TPSA) is 81.7 Å². The van der Waals surface area contributed by atoms with Gasteiger partial charge in [-0.1, -0.05) is 24.3 Å². The van der Waals surface area contributed by atoms with Gasteiger partial charge in [-0.3, -0.25) is 14.4 Å². The van der Waals surface area contributed by atoms with Gasteiger partial charge in [0.05, 0.1) is 12.2 Å². The van der Waals surface area contributed by atoms with Crippen LogP contribution in [0.15, 0.2) is 42.5 Å². The molecule has 146 valence electrons. The number of Topliss-reactive ketones (excluding diaryl/α,β-unsaturated/α-hetero) is 1. The molecule has 2 aromatic carbocycles. The van der Waals surface area contributed by atoms with Gasteiger partial charge < -0.3 is 14.8 Å². The van der Waals surface area contributed by atoms with Gasteiger partial charge in [0, 0.05) is 5.56 Å². The maximum atomic E-state index is 12.2. The molecule has 6 nitrogen and oxygen atoms in total. The Balaban J connectivity index is 1.48. The molecule has 0 aromatic heterocycles. The molecule has 1 aliphatic rings. The van der Waals surface area contributed by atoms with Crippen LogP contribution in [-0.4, -0.2) is 37.4 Å². The number of hydrogen-bond acceptors (Lipinski definition) is 5. The van der Waals surface area contributed by atoms with Crippen LogP contribution in [0.2, 0.25) is 0 Å². The number of para-hydroxylation sites is 1. The van der Waals surface area contributed by atoms with Crippen LogP contribution in [0.4, 0.5) is 0 Å². The van der Waals surface area contributed by atoms with Gasteiger partial charge in [-0.15, -0.1) is 0 Å². The molecule has 0 radical (unpaired) electrons. The summed E-state index contributed by atoms with van der Waals surface area (Å²) < 4.78 is 10.4. The van der Waals surface area contributed by atoms with Gasteiger partial charge in [-0.25, -0.2) is 0 Å². The Labute approximate surface area is 163 Å². The summed E-state index contributed by atoms with van der Waals surface area (Å²) in [7, 11) is 0. The molecule has 1 aliphatic carbocycles. The number of aryl methyl sites for hydroxylation is 2. The van der Waals surface area contributed by atoms with Gasteiger partial charge in [0.15, 0.2) is 12.4 Å². The lowest BCUT2D eigenvalue weighted by molar-refractivity contribution is -0.141. The normalized spacial score (nSPS) is 12.2. The van der Waals surface area contributed by atoms with Crippen molar-refractivity contribution in [3.63, 3.8) is 0 Å². The molecule has 0 heterocycles. The third-order valence-corrected chi connectivity index (χ3v) is 4.61. The van der Waals surface area contributed by atoms with E-state index in [-0.39, 0.29) is 18.9 Å². The SMILES string of the molecule is CCOc1ccccc1C(=O)NCC(=O)OCC(=O)c1ccc2c(c1)CCC2. The lowest BCUT2D eigenvalue weighted by Crippen LogP contribution is -2.31. The Morgan fingerprint density at radius 2 is 1.82 bits per heavy atom. The van der Waals surface area contributed by atoms with E-state index in [0.717, 1.165) is 19.3 Å². The molecule has 0 saturated heterocycles. The van der Waals surface area contributed by atoms with Crippen molar-refractivity contribution in [1.29, 1.82) is 0 Å². The molecule has 0 unspecified atom stereocenters. The van der Waals surface area contributed by atoms with E-state index in [2.05, 4.69) is 5.32 Å². The fourth-order valence-corrected chi connectivity index (χ4v) is 3.21. The zero-order chi connectivity index (χ0) is 19.9. The molecule has 3 rings (SSSR count). The van der Waals surface area contributed by atoms with Crippen molar-refractivity contribution < 1.29 is 23.9 Å². The second-order valence-electron chi connectivity index (χ2n) is 6.53. The molecular formula is C22H23NO5.